The topological polar surface area (TPSA) is 76.1 Å². The molecule has 0 aliphatic carbocycles. The van der Waals surface area contributed by atoms with Gasteiger partial charge < -0.3 is 14.6 Å². The van der Waals surface area contributed by atoms with Crippen molar-refractivity contribution in [3.63, 3.8) is 0 Å². The number of hydrogen-bond acceptors (Lipinski definition) is 6. The standard InChI is InChI=1S/C22H25NO5/c1-15(24)27-21-12-18-8-10-23(14-19(18)13-22(21)28-16(2)25)11-9-20(26)17-6-4-3-5-7-17/h3-7,12-13,20,26H,8-11,14H2,1-2H3. The normalized spacial score (nSPS) is 14.8. The summed E-state index contributed by atoms with van der Waals surface area (Å²) in [6, 6.07) is 13.2. The molecule has 148 valence electrons. The lowest BCUT2D eigenvalue weighted by Crippen LogP contribution is -2.32. The summed E-state index contributed by atoms with van der Waals surface area (Å²) >= 11 is 0. The van der Waals surface area contributed by atoms with Gasteiger partial charge in [-0.15, -0.1) is 0 Å². The van der Waals surface area contributed by atoms with Crippen LogP contribution in [0.2, 0.25) is 0 Å². The summed E-state index contributed by atoms with van der Waals surface area (Å²) in [6.45, 7) is 4.92. The monoisotopic (exact) mass is 383 g/mol. The lowest BCUT2D eigenvalue weighted by atomic mass is 9.98. The van der Waals surface area contributed by atoms with E-state index in [-0.39, 0.29) is 11.5 Å². The Hall–Kier alpha value is -2.70. The van der Waals surface area contributed by atoms with Gasteiger partial charge in [0.1, 0.15) is 0 Å². The Morgan fingerprint density at radius 1 is 1.04 bits per heavy atom. The van der Waals surface area contributed by atoms with Gasteiger partial charge in [0, 0.05) is 33.5 Å². The van der Waals surface area contributed by atoms with Crippen molar-refractivity contribution < 1.29 is 24.2 Å². The maximum atomic E-state index is 11.4. The van der Waals surface area contributed by atoms with Crippen LogP contribution in [0.25, 0.3) is 0 Å². The number of esters is 2. The molecule has 3 rings (SSSR count). The number of fused-ring (bicyclic) bond motifs is 1. The molecule has 0 spiro atoms. The van der Waals surface area contributed by atoms with Crippen molar-refractivity contribution in [2.45, 2.75) is 39.3 Å². The Morgan fingerprint density at radius 3 is 2.25 bits per heavy atom. The lowest BCUT2D eigenvalue weighted by Gasteiger charge is -2.30. The van der Waals surface area contributed by atoms with E-state index < -0.39 is 18.0 Å². The second-order valence-corrected chi connectivity index (χ2v) is 7.00. The summed E-state index contributed by atoms with van der Waals surface area (Å²) in [7, 11) is 0. The zero-order valence-corrected chi connectivity index (χ0v) is 16.2. The highest BCUT2D eigenvalue weighted by atomic mass is 16.6. The number of nitrogens with zero attached hydrogens (tertiary/aromatic N) is 1. The molecule has 0 amide bonds. The molecule has 1 N–H and O–H groups in total. The van der Waals surface area contributed by atoms with Crippen molar-refractivity contribution in [3.8, 4) is 11.5 Å². The summed E-state index contributed by atoms with van der Waals surface area (Å²) < 4.78 is 10.4. The number of benzene rings is 2. The summed E-state index contributed by atoms with van der Waals surface area (Å²) in [5, 5.41) is 10.4. The second-order valence-electron chi connectivity index (χ2n) is 7.00. The molecule has 0 bridgehead atoms. The summed E-state index contributed by atoms with van der Waals surface area (Å²) in [5.41, 5.74) is 3.03. The van der Waals surface area contributed by atoms with Crippen molar-refractivity contribution in [3.05, 3.63) is 59.2 Å². The molecular weight excluding hydrogens is 358 g/mol. The van der Waals surface area contributed by atoms with Crippen LogP contribution in [0.5, 0.6) is 11.5 Å². The maximum absolute atomic E-state index is 11.4. The first-order valence-electron chi connectivity index (χ1n) is 9.40. The number of aliphatic hydroxyl groups excluding tert-OH is 1. The van der Waals surface area contributed by atoms with Gasteiger partial charge in [-0.25, -0.2) is 0 Å². The quantitative estimate of drug-likeness (QED) is 0.610. The van der Waals surface area contributed by atoms with Crippen LogP contribution in [-0.4, -0.2) is 35.0 Å². The molecule has 6 heteroatoms. The van der Waals surface area contributed by atoms with Gasteiger partial charge in [0.2, 0.25) is 0 Å². The van der Waals surface area contributed by atoms with Gasteiger partial charge in [-0.2, -0.15) is 0 Å². The van der Waals surface area contributed by atoms with E-state index >= 15 is 0 Å². The minimum atomic E-state index is -0.495. The zero-order chi connectivity index (χ0) is 20.1. The smallest absolute Gasteiger partial charge is 0.308 e. The minimum absolute atomic E-state index is 0.257. The van der Waals surface area contributed by atoms with Crippen LogP contribution < -0.4 is 9.47 Å². The first-order valence-corrected chi connectivity index (χ1v) is 9.40. The molecule has 1 aliphatic rings. The van der Waals surface area contributed by atoms with Crippen LogP contribution >= 0.6 is 0 Å². The Labute approximate surface area is 164 Å². The molecule has 0 aromatic heterocycles. The number of ether oxygens (including phenoxy) is 2. The van der Waals surface area contributed by atoms with Crippen molar-refractivity contribution in [2.75, 3.05) is 13.1 Å². The fraction of sp³-hybridized carbons (Fsp3) is 0.364. The van der Waals surface area contributed by atoms with E-state index in [2.05, 4.69) is 4.90 Å². The summed E-state index contributed by atoms with van der Waals surface area (Å²) in [6.07, 6.45) is 0.943. The maximum Gasteiger partial charge on any atom is 0.308 e. The molecule has 1 heterocycles. The van der Waals surface area contributed by atoms with Crippen LogP contribution in [0.3, 0.4) is 0 Å². The highest BCUT2D eigenvalue weighted by Gasteiger charge is 2.22. The first-order chi connectivity index (χ1) is 13.4. The number of carbonyl (C=O) groups is 2. The fourth-order valence-electron chi connectivity index (χ4n) is 3.43. The Balaban J connectivity index is 1.69. The number of rotatable bonds is 6. The SMILES string of the molecule is CC(=O)Oc1cc2c(cc1OC(C)=O)CN(CCC(O)c1ccccc1)CC2. The van der Waals surface area contributed by atoms with Crippen molar-refractivity contribution in [2.24, 2.45) is 0 Å². The average molecular weight is 383 g/mol. The highest BCUT2D eigenvalue weighted by Crippen LogP contribution is 2.34. The van der Waals surface area contributed by atoms with Gasteiger partial charge in [-0.1, -0.05) is 30.3 Å². The number of hydrogen-bond donors (Lipinski definition) is 1. The van der Waals surface area contributed by atoms with Gasteiger partial charge >= 0.3 is 11.9 Å². The second kappa shape index (κ2) is 8.99. The van der Waals surface area contributed by atoms with E-state index in [1.165, 1.54) is 13.8 Å². The third kappa shape index (κ3) is 5.18. The molecule has 0 fully saturated rings. The average Bonchev–Trinajstić information content (AvgIpc) is 2.66. The summed E-state index contributed by atoms with van der Waals surface area (Å²) in [5.74, 6) is -0.394. The zero-order valence-electron chi connectivity index (χ0n) is 16.2. The van der Waals surface area contributed by atoms with Crippen molar-refractivity contribution in [1.29, 1.82) is 0 Å². The largest absolute Gasteiger partial charge is 0.423 e. The predicted molar refractivity (Wildman–Crippen MR) is 104 cm³/mol. The Kier molecular flexibility index (Phi) is 6.44. The molecule has 1 aliphatic heterocycles. The van der Waals surface area contributed by atoms with Crippen molar-refractivity contribution >= 4 is 11.9 Å². The van der Waals surface area contributed by atoms with Crippen LogP contribution in [0.15, 0.2) is 42.5 Å². The van der Waals surface area contributed by atoms with E-state index in [9.17, 15) is 14.7 Å². The molecule has 2 aromatic carbocycles. The van der Waals surface area contributed by atoms with Gasteiger partial charge in [0.15, 0.2) is 11.5 Å². The molecule has 0 radical (unpaired) electrons. The van der Waals surface area contributed by atoms with E-state index in [1.807, 2.05) is 30.3 Å². The third-order valence-electron chi connectivity index (χ3n) is 4.77. The third-order valence-corrected chi connectivity index (χ3v) is 4.77. The fourth-order valence-corrected chi connectivity index (χ4v) is 3.43. The molecule has 0 saturated heterocycles. The van der Waals surface area contributed by atoms with Gasteiger partial charge in [0.05, 0.1) is 6.10 Å². The van der Waals surface area contributed by atoms with Gasteiger partial charge in [-0.3, -0.25) is 14.5 Å². The Morgan fingerprint density at radius 2 is 1.64 bits per heavy atom. The van der Waals surface area contributed by atoms with Crippen LogP contribution in [0.4, 0.5) is 0 Å². The highest BCUT2D eigenvalue weighted by molar-refractivity contribution is 5.74. The van der Waals surface area contributed by atoms with Crippen molar-refractivity contribution in [1.82, 2.24) is 4.90 Å². The summed E-state index contributed by atoms with van der Waals surface area (Å²) in [4.78, 5) is 25.0. The minimum Gasteiger partial charge on any atom is -0.423 e. The molecule has 0 saturated carbocycles. The van der Waals surface area contributed by atoms with E-state index in [1.54, 1.807) is 12.1 Å². The van der Waals surface area contributed by atoms with E-state index in [0.717, 1.165) is 36.2 Å². The first kappa shape index (κ1) is 20.0. The molecular formula is C22H25NO5. The van der Waals surface area contributed by atoms with Gasteiger partial charge in [-0.05, 0) is 41.7 Å². The van der Waals surface area contributed by atoms with Gasteiger partial charge in [0.25, 0.3) is 0 Å². The van der Waals surface area contributed by atoms with Crippen LogP contribution in [0.1, 0.15) is 43.1 Å². The number of aliphatic hydroxyl groups is 1. The number of carbonyl (C=O) groups excluding carboxylic acids is 2. The molecule has 1 atom stereocenters. The molecule has 1 unspecified atom stereocenters. The van der Waals surface area contributed by atoms with Crippen LogP contribution in [0, 0.1) is 0 Å². The Bertz CT molecular complexity index is 850. The van der Waals surface area contributed by atoms with E-state index in [4.69, 9.17) is 9.47 Å². The molecule has 6 nitrogen and oxygen atoms in total. The molecule has 2 aromatic rings. The van der Waals surface area contributed by atoms with E-state index in [0.29, 0.717) is 13.0 Å². The predicted octanol–water partition coefficient (Wildman–Crippen LogP) is 3.02. The van der Waals surface area contributed by atoms with Crippen LogP contribution in [-0.2, 0) is 22.6 Å². The lowest BCUT2D eigenvalue weighted by molar-refractivity contribution is -0.134. The molecule has 28 heavy (non-hydrogen) atoms.